The summed E-state index contributed by atoms with van der Waals surface area (Å²) in [5.74, 6) is 0.458. The Balaban J connectivity index is 2.44. The van der Waals surface area contributed by atoms with Gasteiger partial charge in [0.15, 0.2) is 0 Å². The normalized spacial score (nSPS) is 11.4. The average molecular weight is 274 g/mol. The van der Waals surface area contributed by atoms with E-state index >= 15 is 0 Å². The van der Waals surface area contributed by atoms with Gasteiger partial charge in [0.1, 0.15) is 16.9 Å². The number of nitrogens with one attached hydrogen (secondary N) is 1. The van der Waals surface area contributed by atoms with Gasteiger partial charge in [-0.3, -0.25) is 9.78 Å². The average Bonchev–Trinajstić information content (AvgIpc) is 2.47. The van der Waals surface area contributed by atoms with Crippen LogP contribution in [0.25, 0.3) is 10.9 Å². The van der Waals surface area contributed by atoms with Crippen LogP contribution >= 0.6 is 0 Å². The Hall–Kier alpha value is -2.14. The number of ether oxygens (including phenoxy) is 2. The van der Waals surface area contributed by atoms with Crippen molar-refractivity contribution in [3.63, 3.8) is 0 Å². The SMILES string of the molecule is COc1ccc(NC(=O)C(C)(C)OC)c2cccnc12. The predicted octanol–water partition coefficient (Wildman–Crippen LogP) is 2.61. The molecule has 1 aromatic heterocycles. The molecule has 5 heteroatoms. The van der Waals surface area contributed by atoms with Gasteiger partial charge in [0.25, 0.3) is 5.91 Å². The van der Waals surface area contributed by atoms with Crippen molar-refractivity contribution >= 4 is 22.5 Å². The third kappa shape index (κ3) is 2.58. The molecule has 0 saturated heterocycles. The Kier molecular flexibility index (Phi) is 3.90. The molecule has 1 N–H and O–H groups in total. The summed E-state index contributed by atoms with van der Waals surface area (Å²) >= 11 is 0. The zero-order chi connectivity index (χ0) is 14.8. The van der Waals surface area contributed by atoms with Crippen LogP contribution in [0.1, 0.15) is 13.8 Å². The molecular formula is C15H18N2O3. The minimum atomic E-state index is -0.894. The van der Waals surface area contributed by atoms with Crippen molar-refractivity contribution in [1.82, 2.24) is 4.98 Å². The van der Waals surface area contributed by atoms with E-state index in [9.17, 15) is 4.79 Å². The van der Waals surface area contributed by atoms with Crippen molar-refractivity contribution in [1.29, 1.82) is 0 Å². The highest BCUT2D eigenvalue weighted by molar-refractivity contribution is 6.05. The van der Waals surface area contributed by atoms with Crippen molar-refractivity contribution in [2.24, 2.45) is 0 Å². The molecule has 1 aromatic carbocycles. The summed E-state index contributed by atoms with van der Waals surface area (Å²) in [6.45, 7) is 3.43. The molecule has 20 heavy (non-hydrogen) atoms. The first kappa shape index (κ1) is 14.3. The van der Waals surface area contributed by atoms with Gasteiger partial charge < -0.3 is 14.8 Å². The minimum Gasteiger partial charge on any atom is -0.494 e. The van der Waals surface area contributed by atoms with Gasteiger partial charge in [-0.25, -0.2) is 0 Å². The largest absolute Gasteiger partial charge is 0.494 e. The number of rotatable bonds is 4. The number of aromatic nitrogens is 1. The topological polar surface area (TPSA) is 60.5 Å². The Morgan fingerprint density at radius 3 is 2.65 bits per heavy atom. The molecular weight excluding hydrogens is 256 g/mol. The molecule has 2 rings (SSSR count). The Morgan fingerprint density at radius 2 is 2.00 bits per heavy atom. The Morgan fingerprint density at radius 1 is 1.25 bits per heavy atom. The molecule has 0 saturated carbocycles. The molecule has 0 unspecified atom stereocenters. The molecule has 0 radical (unpaired) electrons. The van der Waals surface area contributed by atoms with Crippen molar-refractivity contribution in [2.75, 3.05) is 19.5 Å². The molecule has 0 aliphatic rings. The number of pyridine rings is 1. The zero-order valence-electron chi connectivity index (χ0n) is 12.1. The zero-order valence-corrected chi connectivity index (χ0v) is 12.1. The lowest BCUT2D eigenvalue weighted by Crippen LogP contribution is -2.38. The number of methoxy groups -OCH3 is 2. The summed E-state index contributed by atoms with van der Waals surface area (Å²) in [6.07, 6.45) is 1.69. The summed E-state index contributed by atoms with van der Waals surface area (Å²) in [5, 5.41) is 3.69. The highest BCUT2D eigenvalue weighted by Gasteiger charge is 2.27. The van der Waals surface area contributed by atoms with Crippen LogP contribution in [0.3, 0.4) is 0 Å². The standard InChI is InChI=1S/C15H18N2O3/c1-15(2,20-4)14(18)17-11-7-8-12(19-3)13-10(11)6-5-9-16-13/h5-9H,1-4H3,(H,17,18). The van der Waals surface area contributed by atoms with Crippen LogP contribution in [0.15, 0.2) is 30.5 Å². The van der Waals surface area contributed by atoms with Crippen molar-refractivity contribution in [3.05, 3.63) is 30.5 Å². The van der Waals surface area contributed by atoms with Gasteiger partial charge in [-0.15, -0.1) is 0 Å². The molecule has 1 heterocycles. The number of anilines is 1. The van der Waals surface area contributed by atoms with Crippen molar-refractivity contribution in [2.45, 2.75) is 19.4 Å². The quantitative estimate of drug-likeness (QED) is 0.931. The number of amides is 1. The second-order valence-electron chi connectivity index (χ2n) is 4.88. The van der Waals surface area contributed by atoms with E-state index in [1.165, 1.54) is 7.11 Å². The number of hydrogen-bond acceptors (Lipinski definition) is 4. The number of fused-ring (bicyclic) bond motifs is 1. The lowest BCUT2D eigenvalue weighted by molar-refractivity contribution is -0.133. The second-order valence-corrected chi connectivity index (χ2v) is 4.88. The monoisotopic (exact) mass is 274 g/mol. The molecule has 2 aromatic rings. The van der Waals surface area contributed by atoms with Gasteiger partial charge >= 0.3 is 0 Å². The van der Waals surface area contributed by atoms with Crippen LogP contribution in [0, 0.1) is 0 Å². The maximum absolute atomic E-state index is 12.2. The first-order chi connectivity index (χ1) is 9.49. The van der Waals surface area contributed by atoms with Crippen LogP contribution in [-0.4, -0.2) is 30.7 Å². The van der Waals surface area contributed by atoms with Crippen LogP contribution in [0.5, 0.6) is 5.75 Å². The van der Waals surface area contributed by atoms with Gasteiger partial charge in [0.05, 0.1) is 12.8 Å². The lowest BCUT2D eigenvalue weighted by atomic mass is 10.1. The molecule has 0 bridgehead atoms. The third-order valence-corrected chi connectivity index (χ3v) is 3.26. The smallest absolute Gasteiger partial charge is 0.256 e. The van der Waals surface area contributed by atoms with E-state index in [1.54, 1.807) is 39.3 Å². The fraction of sp³-hybridized carbons (Fsp3) is 0.333. The summed E-state index contributed by atoms with van der Waals surface area (Å²) in [6, 6.07) is 7.29. The van der Waals surface area contributed by atoms with Gasteiger partial charge in [-0.2, -0.15) is 0 Å². The van der Waals surface area contributed by atoms with Crippen LogP contribution in [-0.2, 0) is 9.53 Å². The lowest BCUT2D eigenvalue weighted by Gasteiger charge is -2.22. The Labute approximate surface area is 117 Å². The maximum Gasteiger partial charge on any atom is 0.256 e. The number of carbonyl (C=O) groups is 1. The molecule has 0 aliphatic carbocycles. The molecule has 0 fully saturated rings. The highest BCUT2D eigenvalue weighted by atomic mass is 16.5. The fourth-order valence-electron chi connectivity index (χ4n) is 1.79. The molecule has 1 amide bonds. The fourth-order valence-corrected chi connectivity index (χ4v) is 1.79. The van der Waals surface area contributed by atoms with Crippen molar-refractivity contribution < 1.29 is 14.3 Å². The summed E-state index contributed by atoms with van der Waals surface area (Å²) in [5.41, 5.74) is 0.501. The first-order valence-corrected chi connectivity index (χ1v) is 6.28. The third-order valence-electron chi connectivity index (χ3n) is 3.26. The minimum absolute atomic E-state index is 0.213. The van der Waals surface area contributed by atoms with E-state index < -0.39 is 5.60 Å². The molecule has 0 spiro atoms. The van der Waals surface area contributed by atoms with Crippen LogP contribution in [0.4, 0.5) is 5.69 Å². The number of benzene rings is 1. The molecule has 5 nitrogen and oxygen atoms in total. The molecule has 106 valence electrons. The van der Waals surface area contributed by atoms with Gasteiger partial charge in [-0.1, -0.05) is 0 Å². The summed E-state index contributed by atoms with van der Waals surface area (Å²) < 4.78 is 10.5. The second kappa shape index (κ2) is 5.46. The van der Waals surface area contributed by atoms with E-state index in [1.807, 2.05) is 12.1 Å². The highest BCUT2D eigenvalue weighted by Crippen LogP contribution is 2.30. The van der Waals surface area contributed by atoms with Gasteiger partial charge in [0, 0.05) is 18.7 Å². The van der Waals surface area contributed by atoms with E-state index in [0.29, 0.717) is 17.0 Å². The summed E-state index contributed by atoms with van der Waals surface area (Å²) in [4.78, 5) is 16.5. The number of nitrogens with zero attached hydrogens (tertiary/aromatic N) is 1. The number of carbonyl (C=O) groups excluding carboxylic acids is 1. The van der Waals surface area contributed by atoms with E-state index in [-0.39, 0.29) is 5.91 Å². The first-order valence-electron chi connectivity index (χ1n) is 6.28. The maximum atomic E-state index is 12.2. The van der Waals surface area contributed by atoms with Crippen LogP contribution < -0.4 is 10.1 Å². The van der Waals surface area contributed by atoms with Gasteiger partial charge in [-0.05, 0) is 38.1 Å². The van der Waals surface area contributed by atoms with Crippen molar-refractivity contribution in [3.8, 4) is 5.75 Å². The Bertz CT molecular complexity index is 638. The molecule has 0 atom stereocenters. The van der Waals surface area contributed by atoms with Gasteiger partial charge in [0.2, 0.25) is 0 Å². The van der Waals surface area contributed by atoms with E-state index in [4.69, 9.17) is 9.47 Å². The van der Waals surface area contributed by atoms with E-state index in [0.717, 1.165) is 5.39 Å². The summed E-state index contributed by atoms with van der Waals surface area (Å²) in [7, 11) is 3.10. The van der Waals surface area contributed by atoms with Crippen LogP contribution in [0.2, 0.25) is 0 Å². The molecule has 0 aliphatic heterocycles. The van der Waals surface area contributed by atoms with E-state index in [2.05, 4.69) is 10.3 Å². The predicted molar refractivity (Wildman–Crippen MR) is 78.0 cm³/mol. The number of hydrogen-bond donors (Lipinski definition) is 1.